The molecule has 3 aliphatic rings. The van der Waals surface area contributed by atoms with Gasteiger partial charge in [0.1, 0.15) is 18.0 Å². The van der Waals surface area contributed by atoms with Crippen LogP contribution in [0.25, 0.3) is 16.5 Å². The van der Waals surface area contributed by atoms with Crippen LogP contribution in [0.3, 0.4) is 0 Å². The van der Waals surface area contributed by atoms with Gasteiger partial charge in [0.05, 0.1) is 23.7 Å². The van der Waals surface area contributed by atoms with Crippen molar-refractivity contribution in [2.24, 2.45) is 0 Å². The van der Waals surface area contributed by atoms with Crippen molar-refractivity contribution in [2.75, 3.05) is 12.3 Å². The van der Waals surface area contributed by atoms with Crippen molar-refractivity contribution in [1.29, 1.82) is 0 Å². The lowest BCUT2D eigenvalue weighted by atomic mass is 10.0. The fourth-order valence-corrected chi connectivity index (χ4v) is 8.66. The second kappa shape index (κ2) is 14.3. The number of nitrogens with zero attached hydrogens (tertiary/aromatic N) is 1. The molecular formula is C33H35ClN4O5S2. The number of benzene rings is 1. The minimum Gasteiger partial charge on any atom is -0.486 e. The molecule has 3 amide bonds. The third-order valence-electron chi connectivity index (χ3n) is 8.15. The Morgan fingerprint density at radius 1 is 1.24 bits per heavy atom. The third kappa shape index (κ3) is 7.82. The maximum absolute atomic E-state index is 12.6. The topological polar surface area (TPSA) is 119 Å². The number of hydrogen-bond acceptors (Lipinski definition) is 8. The van der Waals surface area contributed by atoms with E-state index in [1.807, 2.05) is 49.0 Å². The van der Waals surface area contributed by atoms with Crippen LogP contribution >= 0.6 is 34.7 Å². The number of unbranched alkanes of at least 4 members (excludes halogenated alkanes) is 1. The molecule has 45 heavy (non-hydrogen) atoms. The first-order valence-electron chi connectivity index (χ1n) is 15.2. The summed E-state index contributed by atoms with van der Waals surface area (Å²) in [6, 6.07) is 12.0. The van der Waals surface area contributed by atoms with Crippen molar-refractivity contribution in [3.05, 3.63) is 75.9 Å². The van der Waals surface area contributed by atoms with E-state index in [2.05, 4.69) is 27.0 Å². The van der Waals surface area contributed by atoms with Gasteiger partial charge >= 0.3 is 12.0 Å². The quantitative estimate of drug-likeness (QED) is 0.0950. The van der Waals surface area contributed by atoms with Crippen LogP contribution in [0.5, 0.6) is 5.75 Å². The Morgan fingerprint density at radius 2 is 2.13 bits per heavy atom. The zero-order valence-corrected chi connectivity index (χ0v) is 27.2. The number of nitrogens with one attached hydrogen (secondary N) is 3. The van der Waals surface area contributed by atoms with Crippen LogP contribution < -0.4 is 20.7 Å². The average molecular weight is 667 g/mol. The van der Waals surface area contributed by atoms with Gasteiger partial charge in [-0.3, -0.25) is 14.6 Å². The second-order valence-corrected chi connectivity index (χ2v) is 14.3. The van der Waals surface area contributed by atoms with Gasteiger partial charge in [0, 0.05) is 57.6 Å². The smallest absolute Gasteiger partial charge is 0.315 e. The van der Waals surface area contributed by atoms with Gasteiger partial charge in [0.25, 0.3) is 0 Å². The number of rotatable bonds is 12. The number of carbonyl (C=O) groups excluding carboxylic acids is 3. The number of ether oxygens (including phenoxy) is 2. The molecule has 0 saturated carbocycles. The van der Waals surface area contributed by atoms with Crippen LogP contribution in [-0.2, 0) is 20.7 Å². The number of halogens is 1. The van der Waals surface area contributed by atoms with Gasteiger partial charge in [0.15, 0.2) is 0 Å². The Kier molecular flexibility index (Phi) is 9.97. The van der Waals surface area contributed by atoms with E-state index in [-0.39, 0.29) is 42.2 Å². The predicted octanol–water partition coefficient (Wildman–Crippen LogP) is 5.93. The number of hydrogen-bond donors (Lipinski definition) is 3. The second-order valence-electron chi connectivity index (χ2n) is 11.5. The molecule has 2 saturated heterocycles. The summed E-state index contributed by atoms with van der Waals surface area (Å²) >= 11 is 10.1. The van der Waals surface area contributed by atoms with E-state index in [0.717, 1.165) is 51.5 Å². The molecule has 12 heteroatoms. The first-order chi connectivity index (χ1) is 21.8. The standard InChI is InChI=1S/C33H35ClN4O5S2/c1-19(42-30(40)7-3-2-6-28-31-25(18-44-28)37-33(41)38-31)26-9-10-27(45-26)21-13-22-14-23(43-32(22)24(34)15-21)17-36-29(39)11-8-20-5-4-12-35-16-20/h4-5,8-13,15-16,19,23,25,28,31H,2-3,6-7,14,17-18H2,1H3,(H,36,39)(H2,37,38,41)/b11-8+/t19?,23?,25-,28-,31-/m0/s1. The maximum Gasteiger partial charge on any atom is 0.315 e. The largest absolute Gasteiger partial charge is 0.486 e. The summed E-state index contributed by atoms with van der Waals surface area (Å²) in [6.45, 7) is 2.26. The van der Waals surface area contributed by atoms with E-state index in [9.17, 15) is 14.4 Å². The number of thiophene rings is 1. The fraction of sp³-hybridized carbons (Fsp3) is 0.394. The molecule has 3 N–H and O–H groups in total. The van der Waals surface area contributed by atoms with E-state index < -0.39 is 0 Å². The van der Waals surface area contributed by atoms with Gasteiger partial charge in [0.2, 0.25) is 5.91 Å². The van der Waals surface area contributed by atoms with E-state index in [4.69, 9.17) is 21.1 Å². The molecule has 6 rings (SSSR count). The molecule has 0 bridgehead atoms. The summed E-state index contributed by atoms with van der Waals surface area (Å²) in [5, 5.41) is 9.79. The molecule has 2 unspecified atom stereocenters. The molecule has 3 aromatic rings. The van der Waals surface area contributed by atoms with Gasteiger partial charge in [-0.1, -0.05) is 24.1 Å². The molecular weight excluding hydrogens is 632 g/mol. The zero-order chi connectivity index (χ0) is 31.3. The van der Waals surface area contributed by atoms with Crippen LogP contribution in [-0.4, -0.2) is 58.6 Å². The molecule has 9 nitrogen and oxygen atoms in total. The molecule has 0 radical (unpaired) electrons. The molecule has 2 aromatic heterocycles. The summed E-state index contributed by atoms with van der Waals surface area (Å²) in [6.07, 6.45) is 9.68. The summed E-state index contributed by atoms with van der Waals surface area (Å²) < 4.78 is 11.8. The fourth-order valence-electron chi connectivity index (χ4n) is 5.86. The molecule has 2 fully saturated rings. The highest BCUT2D eigenvalue weighted by Gasteiger charge is 2.42. The molecule has 3 aliphatic heterocycles. The number of urea groups is 1. The summed E-state index contributed by atoms with van der Waals surface area (Å²) in [5.74, 6) is 1.19. The Hall–Kier alpha value is -3.54. The molecule has 236 valence electrons. The van der Waals surface area contributed by atoms with E-state index >= 15 is 0 Å². The van der Waals surface area contributed by atoms with Gasteiger partial charge in [-0.05, 0) is 67.3 Å². The number of esters is 1. The van der Waals surface area contributed by atoms with Crippen LogP contribution in [0.1, 0.15) is 54.7 Å². The highest BCUT2D eigenvalue weighted by molar-refractivity contribution is 8.00. The Bertz CT molecular complexity index is 1580. The van der Waals surface area contributed by atoms with Crippen LogP contribution in [0.4, 0.5) is 4.79 Å². The van der Waals surface area contributed by atoms with Gasteiger partial charge in [-0.25, -0.2) is 4.79 Å². The van der Waals surface area contributed by atoms with Gasteiger partial charge < -0.3 is 25.4 Å². The zero-order valence-electron chi connectivity index (χ0n) is 24.8. The predicted molar refractivity (Wildman–Crippen MR) is 178 cm³/mol. The van der Waals surface area contributed by atoms with Crippen LogP contribution in [0.2, 0.25) is 5.02 Å². The SMILES string of the molecule is CC(OC(=O)CCCC[C@@H]1SC[C@@H]2NC(=O)N[C@@H]21)c1ccc(-c2cc(Cl)c3c(c2)CC(CNC(=O)/C=C/c2cccnc2)O3)s1. The van der Waals surface area contributed by atoms with Crippen molar-refractivity contribution in [1.82, 2.24) is 20.9 Å². The number of amides is 3. The normalized spacial score (nSPS) is 22.3. The van der Waals surface area contributed by atoms with Crippen LogP contribution in [0, 0.1) is 0 Å². The average Bonchev–Trinajstić information content (AvgIpc) is 3.82. The monoisotopic (exact) mass is 666 g/mol. The highest BCUT2D eigenvalue weighted by Crippen LogP contribution is 2.42. The number of carbonyl (C=O) groups is 3. The summed E-state index contributed by atoms with van der Waals surface area (Å²) in [5.41, 5.74) is 2.82. The lowest BCUT2D eigenvalue weighted by molar-refractivity contribution is -0.148. The Balaban J connectivity index is 0.956. The Morgan fingerprint density at radius 3 is 2.98 bits per heavy atom. The highest BCUT2D eigenvalue weighted by atomic mass is 35.5. The van der Waals surface area contributed by atoms with E-state index in [1.165, 1.54) is 6.08 Å². The van der Waals surface area contributed by atoms with Gasteiger partial charge in [-0.15, -0.1) is 11.3 Å². The molecule has 5 atom stereocenters. The number of pyridine rings is 1. The van der Waals surface area contributed by atoms with Crippen molar-refractivity contribution in [2.45, 2.75) is 68.6 Å². The van der Waals surface area contributed by atoms with Crippen molar-refractivity contribution < 1.29 is 23.9 Å². The summed E-state index contributed by atoms with van der Waals surface area (Å²) in [4.78, 5) is 42.5. The van der Waals surface area contributed by atoms with E-state index in [0.29, 0.717) is 35.4 Å². The van der Waals surface area contributed by atoms with Crippen molar-refractivity contribution in [3.8, 4) is 16.2 Å². The third-order valence-corrected chi connectivity index (χ3v) is 11.2. The van der Waals surface area contributed by atoms with Crippen molar-refractivity contribution >= 4 is 58.7 Å². The first kappa shape index (κ1) is 31.4. The molecule has 1 aromatic carbocycles. The lowest BCUT2D eigenvalue weighted by Gasteiger charge is -2.16. The minimum atomic E-state index is -0.351. The minimum absolute atomic E-state index is 0.0735. The maximum atomic E-state index is 12.6. The first-order valence-corrected chi connectivity index (χ1v) is 17.4. The van der Waals surface area contributed by atoms with Crippen LogP contribution in [0.15, 0.2) is 54.9 Å². The molecule has 0 aliphatic carbocycles. The number of thioether (sulfide) groups is 1. The van der Waals surface area contributed by atoms with Gasteiger partial charge in [-0.2, -0.15) is 11.8 Å². The molecule has 0 spiro atoms. The van der Waals surface area contributed by atoms with E-state index in [1.54, 1.807) is 29.8 Å². The number of fused-ring (bicyclic) bond motifs is 2. The summed E-state index contributed by atoms with van der Waals surface area (Å²) in [7, 11) is 0. The van der Waals surface area contributed by atoms with Crippen molar-refractivity contribution in [3.63, 3.8) is 0 Å². The number of aromatic nitrogens is 1. The lowest BCUT2D eigenvalue weighted by Crippen LogP contribution is -2.36. The Labute approximate surface area is 275 Å². The molecule has 5 heterocycles.